The Bertz CT molecular complexity index is 427. The van der Waals surface area contributed by atoms with Crippen LogP contribution < -0.4 is 5.32 Å². The van der Waals surface area contributed by atoms with E-state index in [1.54, 1.807) is 11.3 Å². The van der Waals surface area contributed by atoms with Crippen molar-refractivity contribution < 1.29 is 4.79 Å². The van der Waals surface area contributed by atoms with Crippen molar-refractivity contribution in [3.8, 4) is 0 Å². The van der Waals surface area contributed by atoms with Crippen molar-refractivity contribution in [2.45, 2.75) is 51.1 Å². The number of hydrogen-bond acceptors (Lipinski definition) is 3. The number of halogens is 1. The Hall–Kier alpha value is -0.580. The molecule has 2 fully saturated rings. The van der Waals surface area contributed by atoms with E-state index in [9.17, 15) is 4.79 Å². The smallest absolute Gasteiger partial charge is 0.223 e. The van der Waals surface area contributed by atoms with E-state index in [0.29, 0.717) is 11.9 Å². The van der Waals surface area contributed by atoms with Gasteiger partial charge in [-0.05, 0) is 62.6 Å². The lowest BCUT2D eigenvalue weighted by molar-refractivity contribution is -0.132. The van der Waals surface area contributed by atoms with Crippen LogP contribution in [0, 0.1) is 5.92 Å². The van der Waals surface area contributed by atoms with Crippen molar-refractivity contribution >= 4 is 29.7 Å². The van der Waals surface area contributed by atoms with Gasteiger partial charge in [-0.3, -0.25) is 4.79 Å². The van der Waals surface area contributed by atoms with E-state index in [0.717, 1.165) is 38.4 Å². The number of amides is 1. The number of rotatable bonds is 6. The van der Waals surface area contributed by atoms with Gasteiger partial charge in [-0.15, -0.1) is 23.7 Å². The number of thiophene rings is 1. The summed E-state index contributed by atoms with van der Waals surface area (Å²) < 4.78 is 0. The molecule has 1 N–H and O–H groups in total. The summed E-state index contributed by atoms with van der Waals surface area (Å²) >= 11 is 1.76. The van der Waals surface area contributed by atoms with E-state index in [2.05, 4.69) is 27.7 Å². The lowest BCUT2D eigenvalue weighted by Crippen LogP contribution is -2.33. The van der Waals surface area contributed by atoms with E-state index in [1.165, 1.54) is 30.6 Å². The maximum atomic E-state index is 12.5. The van der Waals surface area contributed by atoms with E-state index < -0.39 is 0 Å². The number of nitrogens with zero attached hydrogens (tertiary/aromatic N) is 1. The summed E-state index contributed by atoms with van der Waals surface area (Å²) in [5.41, 5.74) is 0. The van der Waals surface area contributed by atoms with Crippen molar-refractivity contribution in [2.24, 2.45) is 5.92 Å². The number of carbonyl (C=O) groups is 1. The Balaban J connectivity index is 0.00000161. The maximum absolute atomic E-state index is 12.5. The molecule has 0 spiro atoms. The standard InChI is InChI=1S/C16H24N2OS.ClH/c19-16(6-3-13-7-9-17-10-8-13)18(14-4-5-14)12-15-2-1-11-20-15;/h1-2,11,13-14,17H,3-10,12H2;1H. The Morgan fingerprint density at radius 1 is 1.29 bits per heavy atom. The predicted octanol–water partition coefficient (Wildman–Crippen LogP) is 3.44. The van der Waals surface area contributed by atoms with Crippen LogP contribution in [0.1, 0.15) is 43.4 Å². The zero-order valence-corrected chi connectivity index (χ0v) is 14.1. The van der Waals surface area contributed by atoms with Crippen LogP contribution in [0.3, 0.4) is 0 Å². The molecule has 2 heterocycles. The normalized spacial score (nSPS) is 19.0. The fourth-order valence-corrected chi connectivity index (χ4v) is 3.72. The number of carbonyl (C=O) groups excluding carboxylic acids is 1. The summed E-state index contributed by atoms with van der Waals surface area (Å²) in [4.78, 5) is 16.0. The van der Waals surface area contributed by atoms with Gasteiger partial charge in [-0.2, -0.15) is 0 Å². The van der Waals surface area contributed by atoms with Crippen molar-refractivity contribution in [3.05, 3.63) is 22.4 Å². The zero-order valence-electron chi connectivity index (χ0n) is 12.4. The van der Waals surface area contributed by atoms with Gasteiger partial charge in [0.05, 0.1) is 6.54 Å². The second-order valence-corrected chi connectivity index (χ2v) is 7.10. The van der Waals surface area contributed by atoms with Crippen LogP contribution >= 0.6 is 23.7 Å². The van der Waals surface area contributed by atoms with E-state index in [1.807, 2.05) is 0 Å². The van der Waals surface area contributed by atoms with Gasteiger partial charge in [0, 0.05) is 17.3 Å². The lowest BCUT2D eigenvalue weighted by Gasteiger charge is -2.25. The monoisotopic (exact) mass is 328 g/mol. The third-order valence-corrected chi connectivity index (χ3v) is 5.30. The van der Waals surface area contributed by atoms with Crippen molar-refractivity contribution in [1.82, 2.24) is 10.2 Å². The lowest BCUT2D eigenvalue weighted by atomic mass is 9.93. The topological polar surface area (TPSA) is 32.3 Å². The summed E-state index contributed by atoms with van der Waals surface area (Å²) in [6, 6.07) is 4.74. The van der Waals surface area contributed by atoms with Crippen molar-refractivity contribution in [3.63, 3.8) is 0 Å². The number of hydrogen-bond donors (Lipinski definition) is 1. The van der Waals surface area contributed by atoms with Crippen molar-refractivity contribution in [1.29, 1.82) is 0 Å². The summed E-state index contributed by atoms with van der Waals surface area (Å²) in [7, 11) is 0. The Morgan fingerprint density at radius 2 is 2.05 bits per heavy atom. The Morgan fingerprint density at radius 3 is 2.67 bits per heavy atom. The molecule has 3 nitrogen and oxygen atoms in total. The molecular weight excluding hydrogens is 304 g/mol. The second-order valence-electron chi connectivity index (χ2n) is 6.06. The number of piperidine rings is 1. The van der Waals surface area contributed by atoms with Gasteiger partial charge in [-0.1, -0.05) is 6.07 Å². The summed E-state index contributed by atoms with van der Waals surface area (Å²) in [6.45, 7) is 3.08. The van der Waals surface area contributed by atoms with Gasteiger partial charge in [0.25, 0.3) is 0 Å². The molecule has 1 aliphatic carbocycles. The molecule has 21 heavy (non-hydrogen) atoms. The molecule has 0 bridgehead atoms. The Labute approximate surface area is 137 Å². The molecule has 1 saturated heterocycles. The minimum Gasteiger partial charge on any atom is -0.335 e. The highest BCUT2D eigenvalue weighted by molar-refractivity contribution is 7.09. The van der Waals surface area contributed by atoms with Gasteiger partial charge < -0.3 is 10.2 Å². The van der Waals surface area contributed by atoms with Gasteiger partial charge in [0.1, 0.15) is 0 Å². The summed E-state index contributed by atoms with van der Waals surface area (Å²) in [5, 5.41) is 5.49. The molecule has 1 aromatic rings. The molecule has 0 unspecified atom stereocenters. The molecule has 2 aliphatic rings. The van der Waals surface area contributed by atoms with E-state index in [4.69, 9.17) is 0 Å². The fraction of sp³-hybridized carbons (Fsp3) is 0.688. The van der Waals surface area contributed by atoms with Crippen LogP contribution in [-0.4, -0.2) is 29.9 Å². The van der Waals surface area contributed by atoms with Crippen LogP contribution in [-0.2, 0) is 11.3 Å². The fourth-order valence-electron chi connectivity index (χ4n) is 3.02. The first-order chi connectivity index (χ1) is 9.83. The van der Waals surface area contributed by atoms with Gasteiger partial charge in [-0.25, -0.2) is 0 Å². The molecular formula is C16H25ClN2OS. The van der Waals surface area contributed by atoms with Crippen LogP contribution in [0.2, 0.25) is 0 Å². The summed E-state index contributed by atoms with van der Waals surface area (Å²) in [5.74, 6) is 1.13. The molecule has 0 aromatic carbocycles. The quantitative estimate of drug-likeness (QED) is 0.867. The predicted molar refractivity (Wildman–Crippen MR) is 90.0 cm³/mol. The molecule has 0 radical (unpaired) electrons. The largest absolute Gasteiger partial charge is 0.335 e. The molecule has 3 rings (SSSR count). The van der Waals surface area contributed by atoms with Gasteiger partial charge in [0.2, 0.25) is 5.91 Å². The van der Waals surface area contributed by atoms with E-state index in [-0.39, 0.29) is 12.4 Å². The third-order valence-electron chi connectivity index (χ3n) is 4.44. The molecule has 1 saturated carbocycles. The van der Waals surface area contributed by atoms with Crippen LogP contribution in [0.25, 0.3) is 0 Å². The SMILES string of the molecule is Cl.O=C(CCC1CCNCC1)N(Cc1cccs1)C1CC1. The molecule has 118 valence electrons. The number of nitrogens with one attached hydrogen (secondary N) is 1. The summed E-state index contributed by atoms with van der Waals surface area (Å²) in [6.07, 6.45) is 6.69. The van der Waals surface area contributed by atoms with Gasteiger partial charge in [0.15, 0.2) is 0 Å². The zero-order chi connectivity index (χ0) is 13.8. The Kier molecular flexibility index (Phi) is 6.52. The van der Waals surface area contributed by atoms with Crippen LogP contribution in [0.4, 0.5) is 0 Å². The highest BCUT2D eigenvalue weighted by Gasteiger charge is 2.32. The average Bonchev–Trinajstić information content (AvgIpc) is 3.20. The first-order valence-corrected chi connectivity index (χ1v) is 8.73. The average molecular weight is 329 g/mol. The van der Waals surface area contributed by atoms with Gasteiger partial charge >= 0.3 is 0 Å². The minimum atomic E-state index is 0. The molecule has 1 aromatic heterocycles. The van der Waals surface area contributed by atoms with Crippen LogP contribution in [0.5, 0.6) is 0 Å². The highest BCUT2D eigenvalue weighted by atomic mass is 35.5. The minimum absolute atomic E-state index is 0. The third kappa shape index (κ3) is 4.97. The molecule has 1 aliphatic heterocycles. The maximum Gasteiger partial charge on any atom is 0.223 e. The molecule has 1 amide bonds. The second kappa shape index (κ2) is 8.16. The molecule has 5 heteroatoms. The van der Waals surface area contributed by atoms with Crippen LogP contribution in [0.15, 0.2) is 17.5 Å². The first kappa shape index (κ1) is 16.8. The van der Waals surface area contributed by atoms with Crippen molar-refractivity contribution in [2.75, 3.05) is 13.1 Å². The van der Waals surface area contributed by atoms with E-state index >= 15 is 0 Å². The molecule has 0 atom stereocenters. The highest BCUT2D eigenvalue weighted by Crippen LogP contribution is 2.30. The first-order valence-electron chi connectivity index (χ1n) is 7.85.